The summed E-state index contributed by atoms with van der Waals surface area (Å²) in [6.07, 6.45) is 6.10. The van der Waals surface area contributed by atoms with Crippen LogP contribution in [0.5, 0.6) is 0 Å². The van der Waals surface area contributed by atoms with E-state index in [0.717, 1.165) is 25.9 Å². The summed E-state index contributed by atoms with van der Waals surface area (Å²) in [5.74, 6) is -0.390. The number of hydrogen-bond donors (Lipinski definition) is 1. The Bertz CT molecular complexity index is 414. The summed E-state index contributed by atoms with van der Waals surface area (Å²) in [5.41, 5.74) is 0.280. The molecular formula is C15H23FN2O. The molecule has 1 aromatic heterocycles. The molecule has 19 heavy (non-hydrogen) atoms. The second-order valence-corrected chi connectivity index (χ2v) is 5.34. The van der Waals surface area contributed by atoms with Crippen LogP contribution in [0, 0.1) is 5.82 Å². The van der Waals surface area contributed by atoms with E-state index >= 15 is 0 Å². The number of nitrogens with zero attached hydrogens (tertiary/aromatic N) is 2. The molecule has 0 amide bonds. The van der Waals surface area contributed by atoms with Gasteiger partial charge in [0.15, 0.2) is 0 Å². The number of likely N-dealkylation sites (tertiary alicyclic amines) is 1. The van der Waals surface area contributed by atoms with Gasteiger partial charge in [0.25, 0.3) is 0 Å². The largest absolute Gasteiger partial charge is 0.386 e. The minimum absolute atomic E-state index is 0.300. The number of aromatic nitrogens is 1. The van der Waals surface area contributed by atoms with Crippen LogP contribution in [0.15, 0.2) is 18.5 Å². The van der Waals surface area contributed by atoms with Crippen molar-refractivity contribution in [3.05, 3.63) is 29.8 Å². The van der Waals surface area contributed by atoms with Gasteiger partial charge in [-0.1, -0.05) is 13.8 Å². The van der Waals surface area contributed by atoms with Gasteiger partial charge in [0, 0.05) is 11.8 Å². The normalized spacial score (nSPS) is 18.7. The molecule has 1 aromatic rings. The van der Waals surface area contributed by atoms with Crippen molar-refractivity contribution in [3.63, 3.8) is 0 Å². The SMILES string of the molecule is CCC(CC)(C(O)c1cncc(F)c1)N1CCCC1. The van der Waals surface area contributed by atoms with Crippen molar-refractivity contribution in [1.29, 1.82) is 0 Å². The van der Waals surface area contributed by atoms with Gasteiger partial charge in [-0.15, -0.1) is 0 Å². The van der Waals surface area contributed by atoms with Crippen molar-refractivity contribution < 1.29 is 9.50 Å². The van der Waals surface area contributed by atoms with Crippen LogP contribution >= 0.6 is 0 Å². The summed E-state index contributed by atoms with van der Waals surface area (Å²) in [5, 5.41) is 10.8. The molecule has 1 fully saturated rings. The molecule has 0 spiro atoms. The highest BCUT2D eigenvalue weighted by molar-refractivity contribution is 5.19. The number of hydrogen-bond acceptors (Lipinski definition) is 3. The molecule has 1 atom stereocenters. The molecule has 2 rings (SSSR count). The molecular weight excluding hydrogens is 243 g/mol. The standard InChI is InChI=1S/C15H23FN2O/c1-3-15(4-2,18-7-5-6-8-18)14(19)12-9-13(16)11-17-10-12/h9-11,14,19H,3-8H2,1-2H3. The highest BCUT2D eigenvalue weighted by atomic mass is 19.1. The zero-order valence-corrected chi connectivity index (χ0v) is 11.8. The van der Waals surface area contributed by atoms with Crippen LogP contribution in [0.25, 0.3) is 0 Å². The maximum absolute atomic E-state index is 13.3. The van der Waals surface area contributed by atoms with Crippen LogP contribution in [0.1, 0.15) is 51.2 Å². The summed E-state index contributed by atoms with van der Waals surface area (Å²) in [4.78, 5) is 6.22. The second kappa shape index (κ2) is 5.97. The molecule has 1 unspecified atom stereocenters. The molecule has 0 radical (unpaired) electrons. The maximum atomic E-state index is 13.3. The van der Waals surface area contributed by atoms with Gasteiger partial charge in [-0.3, -0.25) is 9.88 Å². The molecule has 1 aliphatic heterocycles. The van der Waals surface area contributed by atoms with Gasteiger partial charge < -0.3 is 5.11 Å². The lowest BCUT2D eigenvalue weighted by Crippen LogP contribution is -2.51. The van der Waals surface area contributed by atoms with Gasteiger partial charge in [-0.2, -0.15) is 0 Å². The molecule has 0 bridgehead atoms. The van der Waals surface area contributed by atoms with E-state index in [9.17, 15) is 9.50 Å². The first kappa shape index (κ1) is 14.4. The summed E-state index contributed by atoms with van der Waals surface area (Å²) in [7, 11) is 0. The van der Waals surface area contributed by atoms with Crippen LogP contribution < -0.4 is 0 Å². The van der Waals surface area contributed by atoms with Gasteiger partial charge in [-0.25, -0.2) is 4.39 Å². The van der Waals surface area contributed by atoms with Gasteiger partial charge in [0.05, 0.1) is 17.8 Å². The molecule has 106 valence electrons. The van der Waals surface area contributed by atoms with Crippen LogP contribution in [-0.4, -0.2) is 33.6 Å². The first-order valence-corrected chi connectivity index (χ1v) is 7.17. The molecule has 0 aromatic carbocycles. The molecule has 0 aliphatic carbocycles. The first-order valence-electron chi connectivity index (χ1n) is 7.17. The summed E-state index contributed by atoms with van der Waals surface area (Å²) >= 11 is 0. The van der Waals surface area contributed by atoms with Crippen molar-refractivity contribution in [2.45, 2.75) is 51.2 Å². The smallest absolute Gasteiger partial charge is 0.141 e. The third-order valence-corrected chi connectivity index (χ3v) is 4.51. The van der Waals surface area contributed by atoms with Crippen molar-refractivity contribution in [2.24, 2.45) is 0 Å². The van der Waals surface area contributed by atoms with Gasteiger partial charge >= 0.3 is 0 Å². The Kier molecular flexibility index (Phi) is 4.53. The van der Waals surface area contributed by atoms with Crippen LogP contribution in [-0.2, 0) is 0 Å². The Morgan fingerprint density at radius 1 is 1.32 bits per heavy atom. The van der Waals surface area contributed by atoms with E-state index < -0.39 is 6.10 Å². The van der Waals surface area contributed by atoms with Crippen LogP contribution in [0.3, 0.4) is 0 Å². The second-order valence-electron chi connectivity index (χ2n) is 5.34. The molecule has 3 nitrogen and oxygen atoms in total. The van der Waals surface area contributed by atoms with Crippen LogP contribution in [0.4, 0.5) is 4.39 Å². The van der Waals surface area contributed by atoms with Gasteiger partial charge in [-0.05, 0) is 44.8 Å². The minimum atomic E-state index is -0.691. The Hall–Kier alpha value is -1.00. The fourth-order valence-electron chi connectivity index (χ4n) is 3.31. The molecule has 1 aliphatic rings. The number of halogens is 1. The molecule has 4 heteroatoms. The molecule has 0 saturated carbocycles. The van der Waals surface area contributed by atoms with E-state index in [1.807, 2.05) is 0 Å². The number of rotatable bonds is 5. The predicted octanol–water partition coefficient (Wildman–Crippen LogP) is 2.91. The lowest BCUT2D eigenvalue weighted by molar-refractivity contribution is -0.0298. The molecule has 1 saturated heterocycles. The zero-order valence-electron chi connectivity index (χ0n) is 11.8. The molecule has 2 heterocycles. The number of pyridine rings is 1. The van der Waals surface area contributed by atoms with E-state index in [1.165, 1.54) is 25.1 Å². The average Bonchev–Trinajstić information content (AvgIpc) is 2.95. The van der Waals surface area contributed by atoms with E-state index in [4.69, 9.17) is 0 Å². The lowest BCUT2D eigenvalue weighted by atomic mass is 9.81. The Balaban J connectivity index is 2.32. The maximum Gasteiger partial charge on any atom is 0.141 e. The van der Waals surface area contributed by atoms with Gasteiger partial charge in [0.1, 0.15) is 5.82 Å². The quantitative estimate of drug-likeness (QED) is 0.890. The summed E-state index contributed by atoms with van der Waals surface area (Å²) in [6, 6.07) is 1.40. The van der Waals surface area contributed by atoms with Crippen LogP contribution in [0.2, 0.25) is 0 Å². The van der Waals surface area contributed by atoms with Crippen molar-refractivity contribution >= 4 is 0 Å². The highest BCUT2D eigenvalue weighted by Crippen LogP contribution is 2.39. The van der Waals surface area contributed by atoms with E-state index in [2.05, 4.69) is 23.7 Å². The fraction of sp³-hybridized carbons (Fsp3) is 0.667. The zero-order chi connectivity index (χ0) is 13.9. The lowest BCUT2D eigenvalue weighted by Gasteiger charge is -2.44. The predicted molar refractivity (Wildman–Crippen MR) is 73.3 cm³/mol. The highest BCUT2D eigenvalue weighted by Gasteiger charge is 2.42. The summed E-state index contributed by atoms with van der Waals surface area (Å²) < 4.78 is 13.3. The summed E-state index contributed by atoms with van der Waals surface area (Å²) in [6.45, 7) is 6.22. The number of aliphatic hydroxyl groups excluding tert-OH is 1. The Morgan fingerprint density at radius 3 is 2.47 bits per heavy atom. The minimum Gasteiger partial charge on any atom is -0.386 e. The fourth-order valence-corrected chi connectivity index (χ4v) is 3.31. The van der Waals surface area contributed by atoms with Gasteiger partial charge in [0.2, 0.25) is 0 Å². The van der Waals surface area contributed by atoms with E-state index in [-0.39, 0.29) is 11.4 Å². The number of aliphatic hydroxyl groups is 1. The van der Waals surface area contributed by atoms with E-state index in [1.54, 1.807) is 6.20 Å². The third kappa shape index (κ3) is 2.65. The monoisotopic (exact) mass is 266 g/mol. The molecule has 1 N–H and O–H groups in total. The Morgan fingerprint density at radius 2 is 1.95 bits per heavy atom. The average molecular weight is 266 g/mol. The Labute approximate surface area is 114 Å². The van der Waals surface area contributed by atoms with E-state index in [0.29, 0.717) is 5.56 Å². The van der Waals surface area contributed by atoms with Crippen molar-refractivity contribution in [2.75, 3.05) is 13.1 Å². The first-order chi connectivity index (χ1) is 9.14. The van der Waals surface area contributed by atoms with Crippen molar-refractivity contribution in [1.82, 2.24) is 9.88 Å². The topological polar surface area (TPSA) is 36.4 Å². The third-order valence-electron chi connectivity index (χ3n) is 4.51. The van der Waals surface area contributed by atoms with Crippen molar-refractivity contribution in [3.8, 4) is 0 Å².